The lowest BCUT2D eigenvalue weighted by Gasteiger charge is -2.05. The van der Waals surface area contributed by atoms with Gasteiger partial charge in [0.15, 0.2) is 0 Å². The number of hydrogen-bond donors (Lipinski definition) is 1. The molecule has 3 aromatic rings. The molecule has 1 aromatic heterocycles. The van der Waals surface area contributed by atoms with Crippen molar-refractivity contribution in [2.75, 3.05) is 0 Å². The van der Waals surface area contributed by atoms with E-state index in [9.17, 15) is 9.18 Å². The topological polar surface area (TPSA) is 68.0 Å². The van der Waals surface area contributed by atoms with E-state index < -0.39 is 11.7 Å². The zero-order valence-corrected chi connectivity index (χ0v) is 13.5. The van der Waals surface area contributed by atoms with Crippen molar-refractivity contribution in [3.63, 3.8) is 0 Å². The summed E-state index contributed by atoms with van der Waals surface area (Å²) in [6.45, 7) is 1.91. The number of halogens is 2. The van der Waals surface area contributed by atoms with Crippen molar-refractivity contribution in [3.8, 4) is 11.5 Å². The van der Waals surface area contributed by atoms with Crippen LogP contribution in [0, 0.1) is 12.7 Å². The first-order valence-corrected chi connectivity index (χ1v) is 7.54. The Morgan fingerprint density at radius 1 is 1.21 bits per heavy atom. The SMILES string of the molecule is Cc1ccccc1-c1nnc(CNC(=O)c2c(F)cccc2Cl)o1. The molecule has 1 N–H and O–H groups in total. The largest absolute Gasteiger partial charge is 0.419 e. The number of hydrogen-bond acceptors (Lipinski definition) is 4. The number of aromatic nitrogens is 2. The number of nitrogens with zero attached hydrogens (tertiary/aromatic N) is 2. The van der Waals surface area contributed by atoms with Crippen molar-refractivity contribution in [2.45, 2.75) is 13.5 Å². The lowest BCUT2D eigenvalue weighted by molar-refractivity contribution is 0.0943. The minimum absolute atomic E-state index is 0.0254. The number of rotatable bonds is 4. The van der Waals surface area contributed by atoms with E-state index in [0.717, 1.165) is 11.1 Å². The molecule has 122 valence electrons. The van der Waals surface area contributed by atoms with Crippen molar-refractivity contribution in [1.82, 2.24) is 15.5 Å². The quantitative estimate of drug-likeness (QED) is 0.781. The molecule has 0 spiro atoms. The van der Waals surface area contributed by atoms with E-state index in [1.165, 1.54) is 18.2 Å². The monoisotopic (exact) mass is 345 g/mol. The van der Waals surface area contributed by atoms with Gasteiger partial charge in [-0.2, -0.15) is 0 Å². The summed E-state index contributed by atoms with van der Waals surface area (Å²) in [5, 5.41) is 10.4. The van der Waals surface area contributed by atoms with Gasteiger partial charge in [0.1, 0.15) is 5.82 Å². The smallest absolute Gasteiger partial charge is 0.256 e. The third kappa shape index (κ3) is 3.28. The van der Waals surface area contributed by atoms with E-state index in [-0.39, 0.29) is 23.0 Å². The predicted octanol–water partition coefficient (Wildman–Crippen LogP) is 3.77. The maximum atomic E-state index is 13.7. The summed E-state index contributed by atoms with van der Waals surface area (Å²) >= 11 is 5.86. The first-order valence-electron chi connectivity index (χ1n) is 7.17. The van der Waals surface area contributed by atoms with Crippen LogP contribution < -0.4 is 5.32 Å². The van der Waals surface area contributed by atoms with Gasteiger partial charge in [-0.1, -0.05) is 35.9 Å². The Morgan fingerprint density at radius 3 is 2.75 bits per heavy atom. The van der Waals surface area contributed by atoms with E-state index in [4.69, 9.17) is 16.0 Å². The molecule has 0 fully saturated rings. The molecule has 0 bridgehead atoms. The molecule has 5 nitrogen and oxygen atoms in total. The standard InChI is InChI=1S/C17H13ClFN3O2/c1-10-5-2-3-6-11(10)17-22-21-14(24-17)9-20-16(23)15-12(18)7-4-8-13(15)19/h2-8H,9H2,1H3,(H,20,23). The second kappa shape index (κ2) is 6.80. The summed E-state index contributed by atoms with van der Waals surface area (Å²) in [4.78, 5) is 12.1. The summed E-state index contributed by atoms with van der Waals surface area (Å²) in [5.74, 6) is -0.754. The molecule has 0 saturated heterocycles. The molecule has 1 amide bonds. The molecule has 0 saturated carbocycles. The number of amides is 1. The highest BCUT2D eigenvalue weighted by Crippen LogP contribution is 2.22. The molecule has 1 heterocycles. The lowest BCUT2D eigenvalue weighted by atomic mass is 10.1. The van der Waals surface area contributed by atoms with Gasteiger partial charge in [-0.15, -0.1) is 10.2 Å². The van der Waals surface area contributed by atoms with Crippen LogP contribution in [0.25, 0.3) is 11.5 Å². The molecular formula is C17H13ClFN3O2. The second-order valence-electron chi connectivity index (χ2n) is 5.10. The van der Waals surface area contributed by atoms with Gasteiger partial charge < -0.3 is 9.73 Å². The van der Waals surface area contributed by atoms with Gasteiger partial charge in [-0.3, -0.25) is 4.79 Å². The summed E-state index contributed by atoms with van der Waals surface area (Å²) < 4.78 is 19.2. The molecule has 0 aliphatic heterocycles. The minimum Gasteiger partial charge on any atom is -0.419 e. The van der Waals surface area contributed by atoms with Crippen LogP contribution in [0.1, 0.15) is 21.8 Å². The summed E-state index contributed by atoms with van der Waals surface area (Å²) in [6, 6.07) is 11.6. The first-order chi connectivity index (χ1) is 11.6. The fourth-order valence-corrected chi connectivity index (χ4v) is 2.45. The van der Waals surface area contributed by atoms with Crippen molar-refractivity contribution >= 4 is 17.5 Å². The molecule has 0 aliphatic carbocycles. The number of nitrogens with one attached hydrogen (secondary N) is 1. The van der Waals surface area contributed by atoms with Gasteiger partial charge >= 0.3 is 0 Å². The van der Waals surface area contributed by atoms with Crippen LogP contribution >= 0.6 is 11.6 Å². The van der Waals surface area contributed by atoms with Crippen molar-refractivity contribution < 1.29 is 13.6 Å². The minimum atomic E-state index is -0.689. The van der Waals surface area contributed by atoms with Crippen LogP contribution in [-0.2, 0) is 6.54 Å². The Balaban J connectivity index is 1.72. The fraction of sp³-hybridized carbons (Fsp3) is 0.118. The van der Waals surface area contributed by atoms with E-state index in [1.807, 2.05) is 31.2 Å². The van der Waals surface area contributed by atoms with Crippen LogP contribution in [0.5, 0.6) is 0 Å². The van der Waals surface area contributed by atoms with Gasteiger partial charge in [0, 0.05) is 5.56 Å². The van der Waals surface area contributed by atoms with E-state index >= 15 is 0 Å². The van der Waals surface area contributed by atoms with Gasteiger partial charge in [0.25, 0.3) is 5.91 Å². The first kappa shape index (κ1) is 16.1. The average molecular weight is 346 g/mol. The highest BCUT2D eigenvalue weighted by atomic mass is 35.5. The predicted molar refractivity (Wildman–Crippen MR) is 87.1 cm³/mol. The Hall–Kier alpha value is -2.73. The molecule has 0 radical (unpaired) electrons. The second-order valence-corrected chi connectivity index (χ2v) is 5.50. The Kier molecular flexibility index (Phi) is 4.57. The Morgan fingerprint density at radius 2 is 2.00 bits per heavy atom. The summed E-state index contributed by atoms with van der Waals surface area (Å²) in [5.41, 5.74) is 1.60. The molecular weight excluding hydrogens is 333 g/mol. The summed E-state index contributed by atoms with van der Waals surface area (Å²) in [6.07, 6.45) is 0. The van der Waals surface area contributed by atoms with Crippen LogP contribution in [0.3, 0.4) is 0 Å². The number of benzene rings is 2. The van der Waals surface area contributed by atoms with Gasteiger partial charge in [-0.05, 0) is 30.7 Å². The molecule has 2 aromatic carbocycles. The van der Waals surface area contributed by atoms with Crippen LogP contribution in [-0.4, -0.2) is 16.1 Å². The maximum absolute atomic E-state index is 13.7. The van der Waals surface area contributed by atoms with Crippen molar-refractivity contribution in [3.05, 3.63) is 70.3 Å². The van der Waals surface area contributed by atoms with E-state index in [0.29, 0.717) is 5.89 Å². The fourth-order valence-electron chi connectivity index (χ4n) is 2.21. The van der Waals surface area contributed by atoms with Crippen molar-refractivity contribution in [1.29, 1.82) is 0 Å². The van der Waals surface area contributed by atoms with Gasteiger partial charge in [-0.25, -0.2) is 4.39 Å². The molecule has 7 heteroatoms. The number of carbonyl (C=O) groups excluding carboxylic acids is 1. The number of carbonyl (C=O) groups is 1. The molecule has 0 atom stereocenters. The number of aryl methyl sites for hydroxylation is 1. The molecule has 24 heavy (non-hydrogen) atoms. The van der Waals surface area contributed by atoms with Gasteiger partial charge in [0.05, 0.1) is 17.1 Å². The van der Waals surface area contributed by atoms with E-state index in [2.05, 4.69) is 15.5 Å². The normalized spacial score (nSPS) is 10.6. The zero-order chi connectivity index (χ0) is 17.1. The highest BCUT2D eigenvalue weighted by Gasteiger charge is 2.17. The summed E-state index contributed by atoms with van der Waals surface area (Å²) in [7, 11) is 0. The third-order valence-electron chi connectivity index (χ3n) is 3.43. The van der Waals surface area contributed by atoms with Gasteiger partial charge in [0.2, 0.25) is 11.8 Å². The van der Waals surface area contributed by atoms with Crippen LogP contribution in [0.4, 0.5) is 4.39 Å². The third-order valence-corrected chi connectivity index (χ3v) is 3.75. The highest BCUT2D eigenvalue weighted by molar-refractivity contribution is 6.33. The van der Waals surface area contributed by atoms with Crippen LogP contribution in [0.2, 0.25) is 5.02 Å². The Bertz CT molecular complexity index is 875. The van der Waals surface area contributed by atoms with Crippen molar-refractivity contribution in [2.24, 2.45) is 0 Å². The molecule has 0 unspecified atom stereocenters. The van der Waals surface area contributed by atoms with Crippen LogP contribution in [0.15, 0.2) is 46.9 Å². The van der Waals surface area contributed by atoms with E-state index in [1.54, 1.807) is 0 Å². The average Bonchev–Trinajstić information content (AvgIpc) is 3.02. The molecule has 3 rings (SSSR count). The molecule has 0 aliphatic rings. The maximum Gasteiger partial charge on any atom is 0.256 e. The lowest BCUT2D eigenvalue weighted by Crippen LogP contribution is -2.24. The zero-order valence-electron chi connectivity index (χ0n) is 12.7. The Labute approximate surface area is 142 Å².